The molecule has 1 atom stereocenters. The lowest BCUT2D eigenvalue weighted by Crippen LogP contribution is -2.35. The molecule has 1 aliphatic heterocycles. The van der Waals surface area contributed by atoms with Crippen molar-refractivity contribution >= 4 is 28.2 Å². The molecule has 1 amide bonds. The van der Waals surface area contributed by atoms with Crippen LogP contribution >= 0.6 is 11.3 Å². The zero-order valence-electron chi connectivity index (χ0n) is 17.8. The summed E-state index contributed by atoms with van der Waals surface area (Å²) in [6.45, 7) is 4.42. The molecule has 9 nitrogen and oxygen atoms in total. The number of amides is 1. The number of nitriles is 1. The van der Waals surface area contributed by atoms with Crippen molar-refractivity contribution in [2.75, 3.05) is 25.0 Å². The zero-order chi connectivity index (χ0) is 22.3. The van der Waals surface area contributed by atoms with Gasteiger partial charge >= 0.3 is 0 Å². The summed E-state index contributed by atoms with van der Waals surface area (Å²) >= 11 is 1.35. The quantitative estimate of drug-likeness (QED) is 0.529. The van der Waals surface area contributed by atoms with Crippen LogP contribution in [0.15, 0.2) is 35.8 Å². The molecule has 0 saturated carbocycles. The highest BCUT2D eigenvalue weighted by Gasteiger charge is 2.23. The molecule has 1 aliphatic rings. The van der Waals surface area contributed by atoms with Gasteiger partial charge in [0.2, 0.25) is 0 Å². The third kappa shape index (κ3) is 5.63. The van der Waals surface area contributed by atoms with Crippen LogP contribution in [0.4, 0.5) is 10.9 Å². The summed E-state index contributed by atoms with van der Waals surface area (Å²) in [7, 11) is 0. The van der Waals surface area contributed by atoms with Gasteiger partial charge in [-0.3, -0.25) is 14.7 Å². The predicted octanol–water partition coefficient (Wildman–Crippen LogP) is 3.01. The number of thiazole rings is 1. The van der Waals surface area contributed by atoms with E-state index in [1.54, 1.807) is 11.6 Å². The van der Waals surface area contributed by atoms with Gasteiger partial charge in [0.25, 0.3) is 5.91 Å². The fraction of sp³-hybridized carbons (Fsp3) is 0.364. The highest BCUT2D eigenvalue weighted by molar-refractivity contribution is 7.14. The molecule has 2 N–H and O–H groups in total. The minimum absolute atomic E-state index is 0.251. The minimum Gasteiger partial charge on any atom is -0.345 e. The van der Waals surface area contributed by atoms with Crippen LogP contribution in [0.2, 0.25) is 0 Å². The first kappa shape index (κ1) is 21.8. The molecule has 1 saturated heterocycles. The average molecular weight is 449 g/mol. The van der Waals surface area contributed by atoms with Crippen LogP contribution in [0.3, 0.4) is 0 Å². The second-order valence-corrected chi connectivity index (χ2v) is 8.48. The van der Waals surface area contributed by atoms with E-state index in [-0.39, 0.29) is 11.8 Å². The van der Waals surface area contributed by atoms with Gasteiger partial charge in [-0.25, -0.2) is 15.0 Å². The van der Waals surface area contributed by atoms with E-state index in [4.69, 9.17) is 5.26 Å². The van der Waals surface area contributed by atoms with E-state index in [0.29, 0.717) is 35.6 Å². The third-order valence-electron chi connectivity index (χ3n) is 5.20. The Balaban J connectivity index is 1.41. The molecule has 0 radical (unpaired) electrons. The van der Waals surface area contributed by atoms with Crippen LogP contribution in [0.1, 0.15) is 46.5 Å². The zero-order valence-corrected chi connectivity index (χ0v) is 18.6. The number of nitrogens with one attached hydrogen (secondary N) is 2. The van der Waals surface area contributed by atoms with Gasteiger partial charge in [-0.05, 0) is 38.4 Å². The standard InChI is InChI=1S/C22H24N8OS/c1-15-26-18(16-5-4-9-30(13-16)10-7-23)11-20(27-15)29-22-28-19(14-32-22)21(31)25-12-17-6-2-3-8-24-17/h2-3,6,8,11,14,16H,4-5,9-10,12-13H2,1H3,(H,25,31)(H,26,27,28,29)/t16-/m0/s1. The number of pyridine rings is 1. The average Bonchev–Trinajstić information content (AvgIpc) is 3.27. The summed E-state index contributed by atoms with van der Waals surface area (Å²) in [6, 6.07) is 9.74. The highest BCUT2D eigenvalue weighted by atomic mass is 32.1. The summed E-state index contributed by atoms with van der Waals surface area (Å²) < 4.78 is 0. The lowest BCUT2D eigenvalue weighted by atomic mass is 9.94. The van der Waals surface area contributed by atoms with Crippen molar-refractivity contribution in [3.8, 4) is 6.07 Å². The number of piperidine rings is 1. The van der Waals surface area contributed by atoms with E-state index in [1.165, 1.54) is 11.3 Å². The summed E-state index contributed by atoms with van der Waals surface area (Å²) in [6.07, 6.45) is 3.77. The van der Waals surface area contributed by atoms with E-state index < -0.39 is 0 Å². The van der Waals surface area contributed by atoms with Crippen LogP contribution < -0.4 is 10.6 Å². The molecule has 164 valence electrons. The van der Waals surface area contributed by atoms with Gasteiger partial charge in [0.05, 0.1) is 30.5 Å². The number of likely N-dealkylation sites (tertiary alicyclic amines) is 1. The molecule has 10 heteroatoms. The Morgan fingerprint density at radius 2 is 2.25 bits per heavy atom. The molecule has 0 aromatic carbocycles. The van der Waals surface area contributed by atoms with Gasteiger partial charge in [-0.2, -0.15) is 5.26 Å². The Kier molecular flexibility index (Phi) is 6.99. The first-order valence-electron chi connectivity index (χ1n) is 10.5. The van der Waals surface area contributed by atoms with Crippen molar-refractivity contribution in [1.29, 1.82) is 5.26 Å². The maximum Gasteiger partial charge on any atom is 0.271 e. The maximum absolute atomic E-state index is 12.4. The molecule has 0 spiro atoms. The van der Waals surface area contributed by atoms with Gasteiger partial charge in [-0.15, -0.1) is 11.3 Å². The fourth-order valence-corrected chi connectivity index (χ4v) is 4.41. The van der Waals surface area contributed by atoms with Crippen molar-refractivity contribution in [2.24, 2.45) is 0 Å². The summed E-state index contributed by atoms with van der Waals surface area (Å²) in [5.41, 5.74) is 2.10. The molecule has 3 aromatic rings. The van der Waals surface area contributed by atoms with Crippen molar-refractivity contribution in [1.82, 2.24) is 30.2 Å². The smallest absolute Gasteiger partial charge is 0.271 e. The lowest BCUT2D eigenvalue weighted by Gasteiger charge is -2.30. The van der Waals surface area contributed by atoms with Crippen molar-refractivity contribution in [2.45, 2.75) is 32.2 Å². The van der Waals surface area contributed by atoms with Crippen LogP contribution in [0, 0.1) is 18.3 Å². The summed E-state index contributed by atoms with van der Waals surface area (Å²) in [5, 5.41) is 17.3. The Morgan fingerprint density at radius 3 is 3.06 bits per heavy atom. The highest BCUT2D eigenvalue weighted by Crippen LogP contribution is 2.28. The Hall–Kier alpha value is -3.42. The van der Waals surface area contributed by atoms with E-state index in [1.807, 2.05) is 31.2 Å². The summed E-state index contributed by atoms with van der Waals surface area (Å²) in [4.78, 5) is 32.3. The van der Waals surface area contributed by atoms with E-state index >= 15 is 0 Å². The number of hydrogen-bond acceptors (Lipinski definition) is 9. The second kappa shape index (κ2) is 10.3. The number of aromatic nitrogens is 4. The number of nitrogens with zero attached hydrogens (tertiary/aromatic N) is 6. The van der Waals surface area contributed by atoms with Gasteiger partial charge in [0.1, 0.15) is 17.3 Å². The molecule has 32 heavy (non-hydrogen) atoms. The maximum atomic E-state index is 12.4. The molecular weight excluding hydrogens is 424 g/mol. The molecular formula is C22H24N8OS. The first-order valence-corrected chi connectivity index (χ1v) is 11.3. The number of carbonyl (C=O) groups excluding carboxylic acids is 1. The van der Waals surface area contributed by atoms with Crippen LogP contribution in [-0.2, 0) is 6.54 Å². The minimum atomic E-state index is -0.251. The Labute approximate surface area is 190 Å². The molecule has 0 bridgehead atoms. The molecule has 0 unspecified atom stereocenters. The predicted molar refractivity (Wildman–Crippen MR) is 122 cm³/mol. The molecule has 4 heterocycles. The Morgan fingerprint density at radius 1 is 1.34 bits per heavy atom. The topological polar surface area (TPSA) is 120 Å². The van der Waals surface area contributed by atoms with Crippen molar-refractivity contribution in [3.05, 3.63) is 58.7 Å². The fourth-order valence-electron chi connectivity index (χ4n) is 3.71. The molecule has 3 aromatic heterocycles. The van der Waals surface area contributed by atoms with Gasteiger partial charge in [-0.1, -0.05) is 6.07 Å². The molecule has 1 fully saturated rings. The third-order valence-corrected chi connectivity index (χ3v) is 5.96. The largest absolute Gasteiger partial charge is 0.345 e. The number of rotatable bonds is 7. The Bertz CT molecular complexity index is 1110. The lowest BCUT2D eigenvalue weighted by molar-refractivity contribution is 0.0946. The van der Waals surface area contributed by atoms with E-state index in [9.17, 15) is 4.79 Å². The number of anilines is 2. The normalized spacial score (nSPS) is 16.3. The molecule has 4 rings (SSSR count). The number of hydrogen-bond donors (Lipinski definition) is 2. The van der Waals surface area contributed by atoms with Crippen LogP contribution in [0.5, 0.6) is 0 Å². The first-order chi connectivity index (χ1) is 15.6. The van der Waals surface area contributed by atoms with Crippen LogP contribution in [-0.4, -0.2) is 50.4 Å². The van der Waals surface area contributed by atoms with Gasteiger partial charge in [0.15, 0.2) is 5.13 Å². The van der Waals surface area contributed by atoms with Crippen molar-refractivity contribution < 1.29 is 4.79 Å². The van der Waals surface area contributed by atoms with E-state index in [2.05, 4.69) is 41.5 Å². The van der Waals surface area contributed by atoms with Gasteiger partial charge < -0.3 is 10.6 Å². The van der Waals surface area contributed by atoms with Gasteiger partial charge in [0, 0.05) is 30.1 Å². The molecule has 0 aliphatic carbocycles. The monoisotopic (exact) mass is 448 g/mol. The van der Waals surface area contributed by atoms with Crippen molar-refractivity contribution in [3.63, 3.8) is 0 Å². The number of aryl methyl sites for hydroxylation is 1. The van der Waals surface area contributed by atoms with Crippen LogP contribution in [0.25, 0.3) is 0 Å². The second-order valence-electron chi connectivity index (χ2n) is 7.62. The number of carbonyl (C=O) groups is 1. The van der Waals surface area contributed by atoms with E-state index in [0.717, 1.165) is 37.3 Å². The SMILES string of the molecule is Cc1nc(Nc2nc(C(=O)NCc3ccccn3)cs2)cc([C@H]2CCCN(CC#N)C2)n1. The summed E-state index contributed by atoms with van der Waals surface area (Å²) in [5.74, 6) is 1.34.